The fourth-order valence-corrected chi connectivity index (χ4v) is 3.29. The van der Waals surface area contributed by atoms with Gasteiger partial charge in [0.25, 0.3) is 0 Å². The van der Waals surface area contributed by atoms with E-state index in [1.807, 2.05) is 0 Å². The topological polar surface area (TPSA) is 29.3 Å². The zero-order valence-electron chi connectivity index (χ0n) is 11.6. The summed E-state index contributed by atoms with van der Waals surface area (Å²) in [5.74, 6) is 0.402. The van der Waals surface area contributed by atoms with Crippen molar-refractivity contribution in [3.63, 3.8) is 0 Å². The van der Waals surface area contributed by atoms with Gasteiger partial charge in [-0.1, -0.05) is 30.7 Å². The van der Waals surface area contributed by atoms with Crippen molar-refractivity contribution < 1.29 is 4.39 Å². The van der Waals surface area contributed by atoms with Crippen molar-refractivity contribution >= 4 is 11.6 Å². The summed E-state index contributed by atoms with van der Waals surface area (Å²) in [4.78, 5) is 2.31. The molecular weight excluding hydrogens is 263 g/mol. The maximum absolute atomic E-state index is 14.2. The molecule has 2 N–H and O–H groups in total. The van der Waals surface area contributed by atoms with Gasteiger partial charge in [-0.15, -0.1) is 0 Å². The molecule has 0 bridgehead atoms. The van der Waals surface area contributed by atoms with Crippen molar-refractivity contribution in [1.82, 2.24) is 4.90 Å². The van der Waals surface area contributed by atoms with Crippen LogP contribution < -0.4 is 5.73 Å². The molecule has 1 aromatic carbocycles. The molecule has 2 rings (SSSR count). The molecule has 1 fully saturated rings. The summed E-state index contributed by atoms with van der Waals surface area (Å²) in [5.41, 5.74) is 6.52. The van der Waals surface area contributed by atoms with Crippen LogP contribution >= 0.6 is 11.6 Å². The first-order chi connectivity index (χ1) is 9.04. The third-order valence-corrected chi connectivity index (χ3v) is 4.45. The number of halogens is 2. The predicted molar refractivity (Wildman–Crippen MR) is 77.8 cm³/mol. The number of hydrogen-bond acceptors (Lipinski definition) is 2. The van der Waals surface area contributed by atoms with Crippen LogP contribution in [0.15, 0.2) is 18.2 Å². The number of nitrogens with two attached hydrogens (primary N) is 1. The van der Waals surface area contributed by atoms with Gasteiger partial charge in [0, 0.05) is 18.2 Å². The van der Waals surface area contributed by atoms with E-state index in [2.05, 4.69) is 18.7 Å². The van der Waals surface area contributed by atoms with E-state index in [1.165, 1.54) is 0 Å². The smallest absolute Gasteiger partial charge is 0.146 e. The van der Waals surface area contributed by atoms with Gasteiger partial charge in [0.05, 0.1) is 11.1 Å². The third-order valence-electron chi connectivity index (χ3n) is 4.15. The second-order valence-corrected chi connectivity index (χ2v) is 6.02. The van der Waals surface area contributed by atoms with Crippen LogP contribution in [0, 0.1) is 11.7 Å². The lowest BCUT2D eigenvalue weighted by molar-refractivity contribution is 0.0831. The van der Waals surface area contributed by atoms with Gasteiger partial charge in [0.2, 0.25) is 0 Å². The SMILES string of the molecule is CC1CCN(C(CN)c2cccc(Cl)c2F)C(C)C1. The molecule has 0 saturated carbocycles. The van der Waals surface area contributed by atoms with Crippen molar-refractivity contribution in [3.8, 4) is 0 Å². The molecule has 1 aliphatic heterocycles. The Morgan fingerprint density at radius 3 is 2.84 bits per heavy atom. The van der Waals surface area contributed by atoms with Crippen molar-refractivity contribution in [2.24, 2.45) is 11.7 Å². The summed E-state index contributed by atoms with van der Waals surface area (Å²) in [6.45, 7) is 5.85. The van der Waals surface area contributed by atoms with Crippen molar-refractivity contribution in [2.75, 3.05) is 13.1 Å². The minimum Gasteiger partial charge on any atom is -0.329 e. The average molecular weight is 285 g/mol. The lowest BCUT2D eigenvalue weighted by Gasteiger charge is -2.41. The van der Waals surface area contributed by atoms with Gasteiger partial charge < -0.3 is 5.73 Å². The van der Waals surface area contributed by atoms with Crippen LogP contribution in [0.25, 0.3) is 0 Å². The van der Waals surface area contributed by atoms with Crippen molar-refractivity contribution in [1.29, 1.82) is 0 Å². The fraction of sp³-hybridized carbons (Fsp3) is 0.600. The van der Waals surface area contributed by atoms with Crippen LogP contribution in [0.5, 0.6) is 0 Å². The molecule has 3 unspecified atom stereocenters. The molecule has 3 atom stereocenters. The van der Waals surface area contributed by atoms with Gasteiger partial charge in [-0.25, -0.2) is 4.39 Å². The van der Waals surface area contributed by atoms with E-state index in [4.69, 9.17) is 17.3 Å². The summed E-state index contributed by atoms with van der Waals surface area (Å²) in [6.07, 6.45) is 2.28. The van der Waals surface area contributed by atoms with E-state index in [-0.39, 0.29) is 16.9 Å². The number of hydrogen-bond donors (Lipinski definition) is 1. The van der Waals surface area contributed by atoms with Gasteiger partial charge in [0.1, 0.15) is 5.82 Å². The summed E-state index contributed by atoms with van der Waals surface area (Å²) in [5, 5.41) is 0.175. The number of piperidine rings is 1. The lowest BCUT2D eigenvalue weighted by Crippen LogP contribution is -2.45. The summed E-state index contributed by atoms with van der Waals surface area (Å²) in [6, 6.07) is 5.51. The highest BCUT2D eigenvalue weighted by molar-refractivity contribution is 6.30. The average Bonchev–Trinajstić information content (AvgIpc) is 2.37. The van der Waals surface area contributed by atoms with Gasteiger partial charge in [-0.3, -0.25) is 4.90 Å². The normalized spacial score (nSPS) is 26.4. The molecule has 4 heteroatoms. The van der Waals surface area contributed by atoms with E-state index < -0.39 is 0 Å². The number of benzene rings is 1. The highest BCUT2D eigenvalue weighted by atomic mass is 35.5. The maximum atomic E-state index is 14.2. The van der Waals surface area contributed by atoms with Gasteiger partial charge in [-0.2, -0.15) is 0 Å². The molecule has 106 valence electrons. The minimum atomic E-state index is -0.328. The molecular formula is C15H22ClFN2. The molecule has 1 aliphatic rings. The minimum absolute atomic E-state index is 0.0822. The largest absolute Gasteiger partial charge is 0.329 e. The zero-order valence-corrected chi connectivity index (χ0v) is 12.3. The molecule has 2 nitrogen and oxygen atoms in total. The monoisotopic (exact) mass is 284 g/mol. The Labute approximate surface area is 119 Å². The fourth-order valence-electron chi connectivity index (χ4n) is 3.11. The Morgan fingerprint density at radius 1 is 1.47 bits per heavy atom. The number of nitrogens with zero attached hydrogens (tertiary/aromatic N) is 1. The quantitative estimate of drug-likeness (QED) is 0.919. The van der Waals surface area contributed by atoms with Gasteiger partial charge in [-0.05, 0) is 38.3 Å². The molecule has 0 spiro atoms. The van der Waals surface area contributed by atoms with E-state index in [0.29, 0.717) is 18.2 Å². The predicted octanol–water partition coefficient (Wildman–Crippen LogP) is 3.60. The highest BCUT2D eigenvalue weighted by Crippen LogP contribution is 2.32. The Kier molecular flexibility index (Phi) is 4.82. The molecule has 0 radical (unpaired) electrons. The number of likely N-dealkylation sites (tertiary alicyclic amines) is 1. The second kappa shape index (κ2) is 6.21. The Morgan fingerprint density at radius 2 is 2.21 bits per heavy atom. The molecule has 1 heterocycles. The Hall–Kier alpha value is -0.640. The standard InChI is InChI=1S/C15H22ClFN2/c1-10-6-7-19(11(2)8-10)14(9-18)12-4-3-5-13(16)15(12)17/h3-5,10-11,14H,6-9,18H2,1-2H3. The van der Waals surface area contributed by atoms with Crippen LogP contribution in [0.2, 0.25) is 5.02 Å². The first kappa shape index (κ1) is 14.8. The van der Waals surface area contributed by atoms with Crippen LogP contribution in [-0.4, -0.2) is 24.0 Å². The molecule has 0 aromatic heterocycles. The molecule has 0 aliphatic carbocycles. The van der Waals surface area contributed by atoms with Crippen molar-refractivity contribution in [3.05, 3.63) is 34.6 Å². The van der Waals surface area contributed by atoms with Crippen molar-refractivity contribution in [2.45, 2.75) is 38.8 Å². The second-order valence-electron chi connectivity index (χ2n) is 5.61. The van der Waals surface area contributed by atoms with Crippen LogP contribution in [0.4, 0.5) is 4.39 Å². The molecule has 1 saturated heterocycles. The molecule has 19 heavy (non-hydrogen) atoms. The van der Waals surface area contributed by atoms with E-state index in [0.717, 1.165) is 25.3 Å². The van der Waals surface area contributed by atoms with E-state index >= 15 is 0 Å². The van der Waals surface area contributed by atoms with Gasteiger partial charge in [0.15, 0.2) is 0 Å². The Balaban J connectivity index is 2.27. The zero-order chi connectivity index (χ0) is 14.0. The van der Waals surface area contributed by atoms with E-state index in [1.54, 1.807) is 18.2 Å². The summed E-state index contributed by atoms with van der Waals surface area (Å²) in [7, 11) is 0. The molecule has 1 aromatic rings. The lowest BCUT2D eigenvalue weighted by atomic mass is 9.90. The molecule has 0 amide bonds. The van der Waals surface area contributed by atoms with Crippen LogP contribution in [0.3, 0.4) is 0 Å². The maximum Gasteiger partial charge on any atom is 0.146 e. The van der Waals surface area contributed by atoms with E-state index in [9.17, 15) is 4.39 Å². The Bertz CT molecular complexity index is 438. The highest BCUT2D eigenvalue weighted by Gasteiger charge is 2.30. The summed E-state index contributed by atoms with van der Waals surface area (Å²) >= 11 is 5.88. The summed E-state index contributed by atoms with van der Waals surface area (Å²) < 4.78 is 14.2. The van der Waals surface area contributed by atoms with Gasteiger partial charge >= 0.3 is 0 Å². The number of rotatable bonds is 3. The third kappa shape index (κ3) is 3.10. The first-order valence-corrected chi connectivity index (χ1v) is 7.32. The first-order valence-electron chi connectivity index (χ1n) is 6.94. The van der Waals surface area contributed by atoms with Crippen LogP contribution in [-0.2, 0) is 0 Å². The van der Waals surface area contributed by atoms with Crippen LogP contribution in [0.1, 0.15) is 38.3 Å².